The fourth-order valence-electron chi connectivity index (χ4n) is 8.88. The Morgan fingerprint density at radius 1 is 0.258 bits per heavy atom. The SMILES string of the molecule is c1ccc2cc(-c3nc(-c4cc(-c5cc(-c6cccc7ncccc67)ccn5)cc(-c5cc6ccccc6c6ccccc56)c4)nc(-c4ccc5ccccc5c4)n3)ccc2c1. The number of benzene rings is 9. The molecule has 0 fully saturated rings. The van der Waals surface area contributed by atoms with Gasteiger partial charge in [0.2, 0.25) is 0 Å². The van der Waals surface area contributed by atoms with E-state index in [4.69, 9.17) is 19.9 Å². The van der Waals surface area contributed by atoms with E-state index in [1.165, 1.54) is 21.5 Å². The van der Waals surface area contributed by atoms with Crippen LogP contribution in [-0.4, -0.2) is 24.9 Å². The van der Waals surface area contributed by atoms with Gasteiger partial charge in [0.25, 0.3) is 0 Å². The highest BCUT2D eigenvalue weighted by atomic mass is 15.0. The van der Waals surface area contributed by atoms with Gasteiger partial charge in [-0.25, -0.2) is 15.0 Å². The van der Waals surface area contributed by atoms with Gasteiger partial charge in [-0.05, 0) is 126 Å². The van der Waals surface area contributed by atoms with E-state index < -0.39 is 0 Å². The zero-order valence-electron chi connectivity index (χ0n) is 33.4. The van der Waals surface area contributed by atoms with Crippen molar-refractivity contribution >= 4 is 54.0 Å². The van der Waals surface area contributed by atoms with Crippen LogP contribution in [0.15, 0.2) is 213 Å². The highest BCUT2D eigenvalue weighted by Gasteiger charge is 2.18. The molecular formula is C57H35N5. The van der Waals surface area contributed by atoms with Crippen molar-refractivity contribution in [2.75, 3.05) is 0 Å². The quantitative estimate of drug-likeness (QED) is 0.157. The molecule has 0 aliphatic heterocycles. The van der Waals surface area contributed by atoms with Gasteiger partial charge in [-0.1, -0.05) is 140 Å². The zero-order valence-corrected chi connectivity index (χ0v) is 33.4. The Hall–Kier alpha value is -8.41. The molecule has 288 valence electrons. The number of nitrogens with zero attached hydrogens (tertiary/aromatic N) is 5. The minimum absolute atomic E-state index is 0.579. The van der Waals surface area contributed by atoms with Crippen LogP contribution in [0.4, 0.5) is 0 Å². The number of aromatic nitrogens is 5. The highest BCUT2D eigenvalue weighted by molar-refractivity contribution is 6.14. The summed E-state index contributed by atoms with van der Waals surface area (Å²) in [4.78, 5) is 25.4. The van der Waals surface area contributed by atoms with Crippen LogP contribution in [-0.2, 0) is 0 Å². The lowest BCUT2D eigenvalue weighted by atomic mass is 9.90. The summed E-state index contributed by atoms with van der Waals surface area (Å²) in [5.74, 6) is 1.80. The second-order valence-corrected chi connectivity index (χ2v) is 15.7. The standard InChI is InChI=1S/C57H35N5/c1-3-13-38-29-42(24-22-36(38)11-1)55-60-56(43-25-23-37-12-2-4-14-39(37)30-43)62-57(61-55)46-32-44(52-34-40-15-5-6-16-47(40)49-17-7-8-18-50(49)52)31-45(33-46)54-35-41(26-28-59-54)48-19-9-21-53-51(48)20-10-27-58-53/h1-35H. The molecule has 12 aromatic rings. The zero-order chi connectivity index (χ0) is 41.0. The summed E-state index contributed by atoms with van der Waals surface area (Å²) >= 11 is 0. The Balaban J connectivity index is 1.11. The molecule has 0 unspecified atom stereocenters. The lowest BCUT2D eigenvalue weighted by Crippen LogP contribution is -2.01. The highest BCUT2D eigenvalue weighted by Crippen LogP contribution is 2.40. The van der Waals surface area contributed by atoms with E-state index in [2.05, 4.69) is 199 Å². The third-order valence-corrected chi connectivity index (χ3v) is 11.9. The molecular weight excluding hydrogens is 755 g/mol. The molecule has 0 radical (unpaired) electrons. The van der Waals surface area contributed by atoms with Crippen molar-refractivity contribution in [3.8, 4) is 67.7 Å². The summed E-state index contributed by atoms with van der Waals surface area (Å²) in [6.45, 7) is 0. The number of fused-ring (bicyclic) bond motifs is 6. The van der Waals surface area contributed by atoms with Crippen molar-refractivity contribution in [2.24, 2.45) is 0 Å². The average Bonchev–Trinajstić information content (AvgIpc) is 3.35. The second kappa shape index (κ2) is 14.7. The molecule has 0 spiro atoms. The van der Waals surface area contributed by atoms with E-state index >= 15 is 0 Å². The summed E-state index contributed by atoms with van der Waals surface area (Å²) < 4.78 is 0. The summed E-state index contributed by atoms with van der Waals surface area (Å²) in [5.41, 5.74) is 9.79. The van der Waals surface area contributed by atoms with Crippen molar-refractivity contribution in [3.63, 3.8) is 0 Å². The van der Waals surface area contributed by atoms with Gasteiger partial charge in [0.05, 0.1) is 11.2 Å². The van der Waals surface area contributed by atoms with Crippen LogP contribution >= 0.6 is 0 Å². The lowest BCUT2D eigenvalue weighted by molar-refractivity contribution is 1.08. The fourth-order valence-corrected chi connectivity index (χ4v) is 8.88. The first-order valence-electron chi connectivity index (χ1n) is 20.8. The van der Waals surface area contributed by atoms with Gasteiger partial charge in [-0.2, -0.15) is 0 Å². The Labute approximate surface area is 357 Å². The second-order valence-electron chi connectivity index (χ2n) is 15.7. The van der Waals surface area contributed by atoms with E-state index in [0.717, 1.165) is 82.6 Å². The Morgan fingerprint density at radius 3 is 1.56 bits per heavy atom. The first-order chi connectivity index (χ1) is 30.7. The predicted octanol–water partition coefficient (Wildman–Crippen LogP) is 14.4. The Morgan fingerprint density at radius 2 is 0.839 bits per heavy atom. The maximum absolute atomic E-state index is 5.30. The molecule has 0 aliphatic carbocycles. The summed E-state index contributed by atoms with van der Waals surface area (Å²) in [7, 11) is 0. The topological polar surface area (TPSA) is 64.5 Å². The summed E-state index contributed by atoms with van der Waals surface area (Å²) in [6.07, 6.45) is 3.74. The average molecular weight is 790 g/mol. The molecule has 3 heterocycles. The molecule has 0 N–H and O–H groups in total. The summed E-state index contributed by atoms with van der Waals surface area (Å²) in [5, 5.41) is 10.4. The van der Waals surface area contributed by atoms with Crippen molar-refractivity contribution in [1.29, 1.82) is 0 Å². The molecule has 0 aliphatic rings. The predicted molar refractivity (Wildman–Crippen MR) is 256 cm³/mol. The van der Waals surface area contributed by atoms with Gasteiger partial charge in [0.1, 0.15) is 0 Å². The first-order valence-corrected chi connectivity index (χ1v) is 20.8. The van der Waals surface area contributed by atoms with Crippen LogP contribution in [0.5, 0.6) is 0 Å². The molecule has 3 aromatic heterocycles. The van der Waals surface area contributed by atoms with Crippen LogP contribution in [0.25, 0.3) is 122 Å². The molecule has 9 aromatic carbocycles. The van der Waals surface area contributed by atoms with Gasteiger partial charge in [-0.3, -0.25) is 9.97 Å². The summed E-state index contributed by atoms with van der Waals surface area (Å²) in [6, 6.07) is 70.5. The van der Waals surface area contributed by atoms with E-state index in [1.54, 1.807) is 0 Å². The molecule has 0 amide bonds. The number of hydrogen-bond donors (Lipinski definition) is 0. The van der Waals surface area contributed by atoms with Gasteiger partial charge in [0.15, 0.2) is 17.5 Å². The van der Waals surface area contributed by atoms with Gasteiger partial charge in [-0.15, -0.1) is 0 Å². The minimum atomic E-state index is 0.579. The van der Waals surface area contributed by atoms with E-state index in [1.807, 2.05) is 18.5 Å². The lowest BCUT2D eigenvalue weighted by Gasteiger charge is -2.15. The molecule has 62 heavy (non-hydrogen) atoms. The van der Waals surface area contributed by atoms with Gasteiger partial charge < -0.3 is 0 Å². The fraction of sp³-hybridized carbons (Fsp3) is 0. The van der Waals surface area contributed by atoms with Crippen LogP contribution in [0.2, 0.25) is 0 Å². The maximum Gasteiger partial charge on any atom is 0.164 e. The minimum Gasteiger partial charge on any atom is -0.256 e. The van der Waals surface area contributed by atoms with Gasteiger partial charge >= 0.3 is 0 Å². The smallest absolute Gasteiger partial charge is 0.164 e. The number of rotatable bonds is 6. The Bertz CT molecular complexity index is 3620. The molecule has 5 nitrogen and oxygen atoms in total. The van der Waals surface area contributed by atoms with E-state index in [9.17, 15) is 0 Å². The van der Waals surface area contributed by atoms with E-state index in [0.29, 0.717) is 17.5 Å². The van der Waals surface area contributed by atoms with Crippen LogP contribution in [0.3, 0.4) is 0 Å². The van der Waals surface area contributed by atoms with Crippen molar-refractivity contribution < 1.29 is 0 Å². The van der Waals surface area contributed by atoms with Crippen LogP contribution in [0.1, 0.15) is 0 Å². The number of hydrogen-bond acceptors (Lipinski definition) is 5. The molecule has 0 saturated heterocycles. The maximum atomic E-state index is 5.30. The van der Waals surface area contributed by atoms with Crippen molar-refractivity contribution in [2.45, 2.75) is 0 Å². The van der Waals surface area contributed by atoms with Gasteiger partial charge in [0, 0.05) is 40.0 Å². The third-order valence-electron chi connectivity index (χ3n) is 11.9. The molecule has 0 bridgehead atoms. The molecule has 0 saturated carbocycles. The third kappa shape index (κ3) is 6.32. The monoisotopic (exact) mass is 789 g/mol. The Kier molecular flexibility index (Phi) is 8.42. The van der Waals surface area contributed by atoms with Crippen LogP contribution < -0.4 is 0 Å². The molecule has 5 heteroatoms. The molecule has 0 atom stereocenters. The van der Waals surface area contributed by atoms with E-state index in [-0.39, 0.29) is 0 Å². The molecule has 12 rings (SSSR count). The van der Waals surface area contributed by atoms with Crippen LogP contribution in [0, 0.1) is 0 Å². The number of pyridine rings is 2. The van der Waals surface area contributed by atoms with Crippen molar-refractivity contribution in [1.82, 2.24) is 24.9 Å². The first kappa shape index (κ1) is 35.5. The normalized spacial score (nSPS) is 11.5. The largest absolute Gasteiger partial charge is 0.256 e. The van der Waals surface area contributed by atoms with Crippen molar-refractivity contribution in [3.05, 3.63) is 213 Å².